The van der Waals surface area contributed by atoms with Crippen molar-refractivity contribution >= 4 is 162 Å². The molecule has 14 heterocycles. The van der Waals surface area contributed by atoms with Crippen molar-refractivity contribution in [3.8, 4) is 23.0 Å². The van der Waals surface area contributed by atoms with E-state index in [0.717, 1.165) is 199 Å². The molecule has 0 fully saturated rings. The molecular formula is C84H68F24N12O4P4Ru2. The Kier molecular flexibility index (Phi) is 27.9. The van der Waals surface area contributed by atoms with Crippen molar-refractivity contribution in [3.63, 3.8) is 0 Å². The van der Waals surface area contributed by atoms with E-state index in [2.05, 4.69) is 157 Å². The summed E-state index contributed by atoms with van der Waals surface area (Å²) in [7, 11) is -42.6. The zero-order valence-electron chi connectivity index (χ0n) is 68.2. The molecule has 6 aromatic carbocycles. The zero-order chi connectivity index (χ0) is 94.0. The van der Waals surface area contributed by atoms with Gasteiger partial charge in [-0.05, 0) is 152 Å². The number of fused-ring (bicyclic) bond motifs is 24. The predicted molar refractivity (Wildman–Crippen MR) is 456 cm³/mol. The van der Waals surface area contributed by atoms with Gasteiger partial charge in [-0.15, -0.1) is 0 Å². The number of halogens is 24. The Labute approximate surface area is 745 Å². The minimum Gasteiger partial charge on any atom is -0.485 e. The molecule has 18 aromatic rings. The maximum atomic E-state index is 9.87. The monoisotopic (exact) mass is 2090 g/mol. The van der Waals surface area contributed by atoms with Crippen molar-refractivity contribution in [3.05, 3.63) is 264 Å². The van der Waals surface area contributed by atoms with E-state index >= 15 is 0 Å². The summed E-state index contributed by atoms with van der Waals surface area (Å²) in [5.74, 6) is 3.13. The molecule has 20 rings (SSSR count). The first-order valence-electron chi connectivity index (χ1n) is 37.3. The predicted octanol–water partition coefficient (Wildman–Crippen LogP) is 32.2. The van der Waals surface area contributed by atoms with E-state index in [1.807, 2.05) is 152 Å². The summed E-state index contributed by atoms with van der Waals surface area (Å²) in [6, 6.07) is 65.4. The van der Waals surface area contributed by atoms with Crippen molar-refractivity contribution in [1.29, 1.82) is 0 Å². The number of benzene rings is 6. The maximum Gasteiger partial charge on any atom is 2.00 e. The third-order valence-electron chi connectivity index (χ3n) is 17.4. The molecule has 16 nitrogen and oxygen atoms in total. The summed E-state index contributed by atoms with van der Waals surface area (Å²) in [5, 5.41) is 13.0. The molecule has 0 atom stereocenters. The number of aryl methyl sites for hydroxylation is 8. The van der Waals surface area contributed by atoms with Gasteiger partial charge < -0.3 is 18.9 Å². The molecule has 0 amide bonds. The fourth-order valence-corrected chi connectivity index (χ4v) is 12.6. The Morgan fingerprint density at radius 1 is 0.185 bits per heavy atom. The molecule has 0 radical (unpaired) electrons. The number of rotatable bonds is 0. The number of hydrogen-bond donors (Lipinski definition) is 0. The molecule has 0 saturated heterocycles. The van der Waals surface area contributed by atoms with Crippen LogP contribution in [0.5, 0.6) is 23.0 Å². The molecule has 130 heavy (non-hydrogen) atoms. The van der Waals surface area contributed by atoms with Crippen molar-refractivity contribution < 1.29 is 159 Å². The van der Waals surface area contributed by atoms with E-state index in [4.69, 9.17) is 18.9 Å². The van der Waals surface area contributed by atoms with Gasteiger partial charge >= 0.3 is 171 Å². The summed E-state index contributed by atoms with van der Waals surface area (Å²) < 4.78 is 260. The summed E-state index contributed by atoms with van der Waals surface area (Å²) >= 11 is 0. The molecule has 0 aliphatic carbocycles. The summed E-state index contributed by atoms with van der Waals surface area (Å²) in [5.41, 5.74) is 19.7. The second-order valence-electron chi connectivity index (χ2n) is 28.6. The average Bonchev–Trinajstić information content (AvgIpc) is 0.749. The third kappa shape index (κ3) is 32.7. The topological polar surface area (TPSA) is 192 Å². The van der Waals surface area contributed by atoms with Crippen molar-refractivity contribution in [2.75, 3.05) is 26.4 Å². The van der Waals surface area contributed by atoms with Gasteiger partial charge in [0.05, 0.1) is 44.1 Å². The van der Waals surface area contributed by atoms with E-state index in [-0.39, 0.29) is 39.0 Å². The number of pyridine rings is 12. The van der Waals surface area contributed by atoms with E-state index in [0.29, 0.717) is 26.4 Å². The van der Waals surface area contributed by atoms with Crippen LogP contribution >= 0.6 is 31.2 Å². The summed E-state index contributed by atoms with van der Waals surface area (Å²) in [6.45, 7) is 18.4. The first-order chi connectivity index (χ1) is 58.6. The van der Waals surface area contributed by atoms with Crippen LogP contribution in [0.4, 0.5) is 101 Å². The van der Waals surface area contributed by atoms with E-state index in [1.54, 1.807) is 24.8 Å². The molecule has 0 unspecified atom stereocenters. The van der Waals surface area contributed by atoms with Gasteiger partial charge in [0.25, 0.3) is 0 Å². The van der Waals surface area contributed by atoms with Crippen LogP contribution < -0.4 is 18.9 Å². The SMILES string of the molecule is Cc1ccc2ccc3ccc(C)nc3c2n1.Cc1ccc2ccc3ccc(C)nc3c2n1.Cc1ccc2ccc3ccc(C)nc3c2n1.Cc1ccc2ccc3ccc(C)nc3c2n1.F[P-](F)(F)(F)(F)F.F[P-](F)(F)(F)(F)F.F[P-](F)(F)(F)(F)F.F[P-](F)(F)(F)(F)F.[Ru+2].[Ru+2].c1cnc2c(c1)c1c(c3cccnc32)OCCO1.c1cnc2c(c1)c1c(c3cccnc32)OCCO1. The molecule has 2 aliphatic rings. The molecule has 0 saturated carbocycles. The van der Waals surface area contributed by atoms with E-state index in [1.165, 1.54) is 0 Å². The van der Waals surface area contributed by atoms with Crippen LogP contribution in [-0.2, 0) is 39.0 Å². The Balaban J connectivity index is 0.000000166. The first-order valence-corrected chi connectivity index (χ1v) is 45.4. The van der Waals surface area contributed by atoms with Crippen molar-refractivity contribution in [1.82, 2.24) is 59.8 Å². The normalized spacial score (nSPS) is 14.3. The molecule has 46 heteroatoms. The Bertz CT molecular complexity index is 6200. The second-order valence-corrected chi connectivity index (χ2v) is 36.3. The van der Waals surface area contributed by atoms with Crippen LogP contribution in [0.1, 0.15) is 45.6 Å². The molecule has 0 spiro atoms. The smallest absolute Gasteiger partial charge is 0.485 e. The summed E-state index contributed by atoms with van der Waals surface area (Å²) in [4.78, 5) is 54.3. The Morgan fingerprint density at radius 2 is 0.300 bits per heavy atom. The number of nitrogens with zero attached hydrogens (tertiary/aromatic N) is 12. The third-order valence-corrected chi connectivity index (χ3v) is 17.4. The Hall–Kier alpha value is -11.3. The summed E-state index contributed by atoms with van der Waals surface area (Å²) in [6.07, 6.45) is 7.08. The minimum atomic E-state index is -10.7. The molecule has 692 valence electrons. The van der Waals surface area contributed by atoms with Crippen LogP contribution in [0.15, 0.2) is 219 Å². The minimum absolute atomic E-state index is 0. The van der Waals surface area contributed by atoms with Crippen LogP contribution in [0, 0.1) is 55.4 Å². The first kappa shape index (κ1) is 102. The molecule has 0 N–H and O–H groups in total. The van der Waals surface area contributed by atoms with E-state index < -0.39 is 31.2 Å². The Morgan fingerprint density at radius 3 is 0.423 bits per heavy atom. The van der Waals surface area contributed by atoms with E-state index in [9.17, 15) is 101 Å². The zero-order valence-corrected chi connectivity index (χ0v) is 75.2. The fourth-order valence-electron chi connectivity index (χ4n) is 12.6. The molecular weight excluding hydrogens is 2020 g/mol. The van der Waals surface area contributed by atoms with Gasteiger partial charge in [-0.2, -0.15) is 0 Å². The molecule has 2 aliphatic heterocycles. The van der Waals surface area contributed by atoms with Crippen LogP contribution in [0.2, 0.25) is 0 Å². The second kappa shape index (κ2) is 35.4. The van der Waals surface area contributed by atoms with Gasteiger partial charge in [0, 0.05) is 135 Å². The standard InChI is InChI=1S/2C14H10N2O2.4C14H12N2.4F6P.2Ru/c2*1-3-9-11(15-5-1)12-10(4-2-6-16-12)14-13(9)17-7-8-18-14;4*1-9-3-5-11-7-8-12-6-4-10(2)16-14(12)13(11)15-9;4*1-7(2,3,4,5)6;;/h2*1-6H,7-8H2;4*3-8H,1-2H3;;;;;;/q;;;;;;4*-1;2*+2. The van der Waals surface area contributed by atoms with Crippen LogP contribution in [0.25, 0.3) is 131 Å². The van der Waals surface area contributed by atoms with Crippen molar-refractivity contribution in [2.24, 2.45) is 0 Å². The van der Waals surface area contributed by atoms with Gasteiger partial charge in [0.1, 0.15) is 48.5 Å². The molecule has 0 bridgehead atoms. The quantitative estimate of drug-likeness (QED) is 0.0602. The number of ether oxygens (including phenoxy) is 4. The number of aromatic nitrogens is 12. The van der Waals surface area contributed by atoms with Crippen LogP contribution in [-0.4, -0.2) is 86.2 Å². The van der Waals surface area contributed by atoms with Gasteiger partial charge in [0.2, 0.25) is 0 Å². The van der Waals surface area contributed by atoms with Gasteiger partial charge in [-0.1, -0.05) is 97.1 Å². The van der Waals surface area contributed by atoms with Gasteiger partial charge in [0.15, 0.2) is 23.0 Å². The molecule has 12 aromatic heterocycles. The van der Waals surface area contributed by atoms with Crippen LogP contribution in [0.3, 0.4) is 0 Å². The number of hydrogen-bond acceptors (Lipinski definition) is 16. The van der Waals surface area contributed by atoms with Gasteiger partial charge in [-0.25, -0.2) is 0 Å². The largest absolute Gasteiger partial charge is 2.00 e. The van der Waals surface area contributed by atoms with Crippen molar-refractivity contribution in [2.45, 2.75) is 55.4 Å². The maximum absolute atomic E-state index is 10.7. The average molecular weight is 2090 g/mol. The fraction of sp³-hybridized carbons (Fsp3) is 0.143. The van der Waals surface area contributed by atoms with Gasteiger partial charge in [-0.3, -0.25) is 59.8 Å².